The summed E-state index contributed by atoms with van der Waals surface area (Å²) in [6.45, 7) is 4.31. The lowest BCUT2D eigenvalue weighted by Crippen LogP contribution is -2.12. The Hall–Kier alpha value is -1.78. The summed E-state index contributed by atoms with van der Waals surface area (Å²) in [6, 6.07) is 11.6. The lowest BCUT2D eigenvalue weighted by Gasteiger charge is -2.17. The van der Waals surface area contributed by atoms with E-state index in [1.165, 1.54) is 0 Å². The van der Waals surface area contributed by atoms with Gasteiger partial charge >= 0.3 is 0 Å². The van der Waals surface area contributed by atoms with Crippen LogP contribution in [0.1, 0.15) is 35.8 Å². The second-order valence-electron chi connectivity index (χ2n) is 4.26. The summed E-state index contributed by atoms with van der Waals surface area (Å²) in [7, 11) is 0. The fourth-order valence-electron chi connectivity index (χ4n) is 1.97. The molecule has 100 valence electrons. The quantitative estimate of drug-likeness (QED) is 0.894. The van der Waals surface area contributed by atoms with Gasteiger partial charge in [-0.15, -0.1) is 0 Å². The van der Waals surface area contributed by atoms with Gasteiger partial charge in [0.15, 0.2) is 5.82 Å². The summed E-state index contributed by atoms with van der Waals surface area (Å²) in [5.74, 6) is 0.595. The first kappa shape index (κ1) is 13.6. The molecule has 1 aromatic carbocycles. The summed E-state index contributed by atoms with van der Waals surface area (Å²) in [4.78, 5) is 8.79. The maximum atomic E-state index is 9.24. The van der Waals surface area contributed by atoms with Crippen molar-refractivity contribution >= 4 is 0 Å². The summed E-state index contributed by atoms with van der Waals surface area (Å²) in [6.07, 6.45) is -0.295. The van der Waals surface area contributed by atoms with Gasteiger partial charge in [-0.1, -0.05) is 30.3 Å². The Bertz CT molecular complexity index is 529. The minimum atomic E-state index is -0.295. The van der Waals surface area contributed by atoms with Crippen molar-refractivity contribution in [3.63, 3.8) is 0 Å². The van der Waals surface area contributed by atoms with Gasteiger partial charge in [0.1, 0.15) is 6.10 Å². The van der Waals surface area contributed by atoms with Crippen molar-refractivity contribution in [2.75, 3.05) is 6.61 Å². The van der Waals surface area contributed by atoms with Crippen LogP contribution >= 0.6 is 0 Å². The van der Waals surface area contributed by atoms with E-state index < -0.39 is 0 Å². The molecule has 2 aromatic rings. The van der Waals surface area contributed by atoms with E-state index in [0.717, 1.165) is 11.3 Å². The standard InChI is InChI=1S/C15H18N2O2/c1-3-19-14(12-7-5-4-6-8-12)15-16-11(2)9-13(10-18)17-15/h4-9,14,18H,3,10H2,1-2H3. The average molecular weight is 258 g/mol. The summed E-state index contributed by atoms with van der Waals surface area (Å²) < 4.78 is 5.76. The van der Waals surface area contributed by atoms with Gasteiger partial charge in [0.25, 0.3) is 0 Å². The maximum absolute atomic E-state index is 9.24. The lowest BCUT2D eigenvalue weighted by molar-refractivity contribution is 0.0845. The average Bonchev–Trinajstić information content (AvgIpc) is 2.45. The van der Waals surface area contributed by atoms with Crippen LogP contribution < -0.4 is 0 Å². The van der Waals surface area contributed by atoms with E-state index in [9.17, 15) is 5.11 Å². The molecule has 1 heterocycles. The first-order valence-corrected chi connectivity index (χ1v) is 6.36. The highest BCUT2D eigenvalue weighted by Gasteiger charge is 2.18. The Kier molecular flexibility index (Phi) is 4.60. The van der Waals surface area contributed by atoms with E-state index in [-0.39, 0.29) is 12.7 Å². The molecule has 1 atom stereocenters. The number of aliphatic hydroxyl groups is 1. The number of nitrogens with zero attached hydrogens (tertiary/aromatic N) is 2. The fourth-order valence-corrected chi connectivity index (χ4v) is 1.97. The first-order valence-electron chi connectivity index (χ1n) is 6.36. The number of benzene rings is 1. The molecule has 0 aliphatic carbocycles. The molecule has 0 bridgehead atoms. The highest BCUT2D eigenvalue weighted by atomic mass is 16.5. The molecule has 0 amide bonds. The first-order chi connectivity index (χ1) is 9.24. The summed E-state index contributed by atoms with van der Waals surface area (Å²) in [5.41, 5.74) is 2.46. The van der Waals surface area contributed by atoms with Crippen LogP contribution in [0.4, 0.5) is 0 Å². The number of hydrogen-bond donors (Lipinski definition) is 1. The normalized spacial score (nSPS) is 12.4. The molecule has 4 nitrogen and oxygen atoms in total. The zero-order valence-electron chi connectivity index (χ0n) is 11.2. The van der Waals surface area contributed by atoms with Crippen LogP contribution in [0.15, 0.2) is 36.4 Å². The monoisotopic (exact) mass is 258 g/mol. The van der Waals surface area contributed by atoms with Crippen LogP contribution in [0.3, 0.4) is 0 Å². The van der Waals surface area contributed by atoms with Crippen LogP contribution in [-0.2, 0) is 11.3 Å². The van der Waals surface area contributed by atoms with E-state index in [2.05, 4.69) is 9.97 Å². The lowest BCUT2D eigenvalue weighted by atomic mass is 10.1. The number of aromatic nitrogens is 2. The molecule has 0 saturated heterocycles. The Morgan fingerprint density at radius 2 is 1.95 bits per heavy atom. The van der Waals surface area contributed by atoms with Gasteiger partial charge in [-0.05, 0) is 25.5 Å². The number of rotatable bonds is 5. The number of ether oxygens (including phenoxy) is 1. The topological polar surface area (TPSA) is 55.2 Å². The van der Waals surface area contributed by atoms with Crippen LogP contribution in [0.2, 0.25) is 0 Å². The van der Waals surface area contributed by atoms with Gasteiger partial charge in [-0.2, -0.15) is 0 Å². The molecule has 2 rings (SSSR count). The molecule has 0 aliphatic heterocycles. The highest BCUT2D eigenvalue weighted by Crippen LogP contribution is 2.23. The van der Waals surface area contributed by atoms with Gasteiger partial charge in [0, 0.05) is 12.3 Å². The van der Waals surface area contributed by atoms with Crippen LogP contribution in [0.5, 0.6) is 0 Å². The molecule has 0 radical (unpaired) electrons. The molecule has 0 saturated carbocycles. The second kappa shape index (κ2) is 6.41. The van der Waals surface area contributed by atoms with Crippen molar-refractivity contribution in [1.29, 1.82) is 0 Å². The third kappa shape index (κ3) is 3.36. The molecule has 4 heteroatoms. The SMILES string of the molecule is CCOC(c1ccccc1)c1nc(C)cc(CO)n1. The molecule has 0 fully saturated rings. The number of hydrogen-bond acceptors (Lipinski definition) is 4. The minimum Gasteiger partial charge on any atom is -0.390 e. The maximum Gasteiger partial charge on any atom is 0.162 e. The van der Waals surface area contributed by atoms with Crippen LogP contribution in [0.25, 0.3) is 0 Å². The van der Waals surface area contributed by atoms with Crippen molar-refractivity contribution < 1.29 is 9.84 Å². The van der Waals surface area contributed by atoms with Crippen LogP contribution in [0, 0.1) is 6.92 Å². The molecule has 0 spiro atoms. The Morgan fingerprint density at radius 1 is 1.21 bits per heavy atom. The molecule has 1 aromatic heterocycles. The molecule has 0 aliphatic rings. The van der Waals surface area contributed by atoms with Crippen molar-refractivity contribution in [2.45, 2.75) is 26.6 Å². The van der Waals surface area contributed by atoms with Crippen LogP contribution in [-0.4, -0.2) is 21.7 Å². The molecule has 1 N–H and O–H groups in total. The second-order valence-corrected chi connectivity index (χ2v) is 4.26. The van der Waals surface area contributed by atoms with Crippen molar-refractivity contribution in [2.24, 2.45) is 0 Å². The Morgan fingerprint density at radius 3 is 2.58 bits per heavy atom. The summed E-state index contributed by atoms with van der Waals surface area (Å²) >= 11 is 0. The van der Waals surface area contributed by atoms with Crippen molar-refractivity contribution in [1.82, 2.24) is 9.97 Å². The van der Waals surface area contributed by atoms with Gasteiger partial charge in [-0.3, -0.25) is 0 Å². The fraction of sp³-hybridized carbons (Fsp3) is 0.333. The van der Waals surface area contributed by atoms with Crippen molar-refractivity contribution in [3.8, 4) is 0 Å². The molecule has 19 heavy (non-hydrogen) atoms. The van der Waals surface area contributed by atoms with Gasteiger partial charge in [0.2, 0.25) is 0 Å². The zero-order chi connectivity index (χ0) is 13.7. The third-order valence-corrected chi connectivity index (χ3v) is 2.76. The predicted octanol–water partition coefficient (Wildman–Crippen LogP) is 2.40. The van der Waals surface area contributed by atoms with Gasteiger partial charge in [-0.25, -0.2) is 9.97 Å². The highest BCUT2D eigenvalue weighted by molar-refractivity contribution is 5.24. The van der Waals surface area contributed by atoms with Gasteiger partial charge < -0.3 is 9.84 Å². The van der Waals surface area contributed by atoms with E-state index in [0.29, 0.717) is 18.1 Å². The Labute approximate surface area is 113 Å². The molecular weight excluding hydrogens is 240 g/mol. The minimum absolute atomic E-state index is 0.0933. The van der Waals surface area contributed by atoms with E-state index in [1.54, 1.807) is 6.07 Å². The Balaban J connectivity index is 2.41. The number of aliphatic hydroxyl groups excluding tert-OH is 1. The van der Waals surface area contributed by atoms with E-state index in [1.807, 2.05) is 44.2 Å². The molecule has 1 unspecified atom stereocenters. The largest absolute Gasteiger partial charge is 0.390 e. The predicted molar refractivity (Wildman–Crippen MR) is 72.6 cm³/mol. The van der Waals surface area contributed by atoms with E-state index in [4.69, 9.17) is 4.74 Å². The third-order valence-electron chi connectivity index (χ3n) is 2.76. The van der Waals surface area contributed by atoms with E-state index >= 15 is 0 Å². The van der Waals surface area contributed by atoms with Gasteiger partial charge in [0.05, 0.1) is 12.3 Å². The van der Waals surface area contributed by atoms with Crippen molar-refractivity contribution in [3.05, 3.63) is 59.2 Å². The molecular formula is C15H18N2O2. The summed E-state index contributed by atoms with van der Waals surface area (Å²) in [5, 5.41) is 9.24. The smallest absolute Gasteiger partial charge is 0.162 e. The zero-order valence-corrected chi connectivity index (χ0v) is 11.2. The number of aryl methyl sites for hydroxylation is 1.